The molecule has 0 aliphatic rings. The third kappa shape index (κ3) is 2.93. The number of phenolic OH excluding ortho intramolecular Hbond substituents is 1. The van der Waals surface area contributed by atoms with Crippen molar-refractivity contribution >= 4 is 5.97 Å². The summed E-state index contributed by atoms with van der Waals surface area (Å²) in [7, 11) is 1.28. The molecule has 4 nitrogen and oxygen atoms in total. The molecule has 1 rings (SSSR count). The Labute approximate surface area is 92.8 Å². The molecule has 0 spiro atoms. The summed E-state index contributed by atoms with van der Waals surface area (Å²) in [5.41, 5.74) is 6.01. The second kappa shape index (κ2) is 5.46. The summed E-state index contributed by atoms with van der Waals surface area (Å²) in [6, 6.07) is 3.97. The number of benzene rings is 1. The third-order valence-corrected chi connectivity index (χ3v) is 2.31. The van der Waals surface area contributed by atoms with Crippen LogP contribution in [0.4, 0.5) is 4.39 Å². The van der Waals surface area contributed by atoms with E-state index in [0.29, 0.717) is 12.0 Å². The van der Waals surface area contributed by atoms with Gasteiger partial charge in [0.15, 0.2) is 11.6 Å². The van der Waals surface area contributed by atoms with Gasteiger partial charge in [0, 0.05) is 6.54 Å². The molecule has 0 fully saturated rings. The first-order valence-electron chi connectivity index (χ1n) is 4.83. The van der Waals surface area contributed by atoms with Crippen molar-refractivity contribution in [1.82, 2.24) is 0 Å². The van der Waals surface area contributed by atoms with E-state index >= 15 is 0 Å². The Bertz CT molecular complexity index is 381. The van der Waals surface area contributed by atoms with Crippen molar-refractivity contribution in [3.05, 3.63) is 29.6 Å². The fourth-order valence-electron chi connectivity index (χ4n) is 1.39. The Balaban J connectivity index is 2.78. The van der Waals surface area contributed by atoms with Gasteiger partial charge in [0.05, 0.1) is 13.0 Å². The van der Waals surface area contributed by atoms with Crippen LogP contribution in [-0.4, -0.2) is 24.7 Å². The predicted octanol–water partition coefficient (Wildman–Crippen LogP) is 0.822. The molecule has 0 aliphatic carbocycles. The SMILES string of the molecule is COC(=O)C(CN)Cc1ccc(O)c(F)c1. The van der Waals surface area contributed by atoms with Crippen LogP contribution < -0.4 is 5.73 Å². The molecule has 0 saturated heterocycles. The van der Waals surface area contributed by atoms with E-state index in [1.807, 2.05) is 0 Å². The number of esters is 1. The number of rotatable bonds is 4. The number of aromatic hydroxyl groups is 1. The molecular formula is C11H14FNO3. The standard InChI is InChI=1S/C11H14FNO3/c1-16-11(15)8(6-13)4-7-2-3-10(14)9(12)5-7/h2-3,5,8,14H,4,6,13H2,1H3. The summed E-state index contributed by atoms with van der Waals surface area (Å²) in [5.74, 6) is -2.03. The molecule has 0 radical (unpaired) electrons. The van der Waals surface area contributed by atoms with Gasteiger partial charge >= 0.3 is 5.97 Å². The van der Waals surface area contributed by atoms with Gasteiger partial charge < -0.3 is 15.6 Å². The summed E-state index contributed by atoms with van der Waals surface area (Å²) in [4.78, 5) is 11.3. The molecule has 0 saturated carbocycles. The van der Waals surface area contributed by atoms with E-state index in [9.17, 15) is 9.18 Å². The third-order valence-electron chi connectivity index (χ3n) is 2.31. The zero-order chi connectivity index (χ0) is 12.1. The van der Waals surface area contributed by atoms with Crippen LogP contribution in [0.3, 0.4) is 0 Å². The first-order valence-corrected chi connectivity index (χ1v) is 4.83. The lowest BCUT2D eigenvalue weighted by Gasteiger charge is -2.12. The first-order chi connectivity index (χ1) is 7.58. The maximum absolute atomic E-state index is 13.0. The number of ether oxygens (including phenoxy) is 1. The van der Waals surface area contributed by atoms with E-state index in [2.05, 4.69) is 4.74 Å². The highest BCUT2D eigenvalue weighted by atomic mass is 19.1. The number of methoxy groups -OCH3 is 1. The molecule has 0 heterocycles. The minimum absolute atomic E-state index is 0.134. The Morgan fingerprint density at radius 2 is 2.31 bits per heavy atom. The summed E-state index contributed by atoms with van der Waals surface area (Å²) in [5, 5.41) is 9.00. The maximum atomic E-state index is 13.0. The van der Waals surface area contributed by atoms with E-state index < -0.39 is 23.5 Å². The average molecular weight is 227 g/mol. The monoisotopic (exact) mass is 227 g/mol. The molecule has 1 aromatic rings. The second-order valence-corrected chi connectivity index (χ2v) is 3.45. The Morgan fingerprint density at radius 3 is 2.81 bits per heavy atom. The van der Waals surface area contributed by atoms with Crippen molar-refractivity contribution in [3.8, 4) is 5.75 Å². The van der Waals surface area contributed by atoms with E-state index in [1.165, 1.54) is 19.2 Å². The Morgan fingerprint density at radius 1 is 1.62 bits per heavy atom. The molecule has 0 amide bonds. The minimum Gasteiger partial charge on any atom is -0.505 e. The second-order valence-electron chi connectivity index (χ2n) is 3.45. The first kappa shape index (κ1) is 12.4. The highest BCUT2D eigenvalue weighted by Gasteiger charge is 2.18. The molecule has 1 unspecified atom stereocenters. The lowest BCUT2D eigenvalue weighted by molar-refractivity contribution is -0.145. The average Bonchev–Trinajstić information content (AvgIpc) is 2.29. The molecule has 1 atom stereocenters. The summed E-state index contributed by atoms with van der Waals surface area (Å²) in [6.45, 7) is 0.134. The normalized spacial score (nSPS) is 12.2. The molecule has 3 N–H and O–H groups in total. The molecule has 5 heteroatoms. The summed E-state index contributed by atoms with van der Waals surface area (Å²) in [6.07, 6.45) is 0.292. The highest BCUT2D eigenvalue weighted by Crippen LogP contribution is 2.18. The number of phenols is 1. The number of nitrogens with two attached hydrogens (primary N) is 1. The van der Waals surface area contributed by atoms with E-state index in [1.54, 1.807) is 6.07 Å². The molecular weight excluding hydrogens is 213 g/mol. The molecule has 0 aliphatic heterocycles. The number of carbonyl (C=O) groups is 1. The van der Waals surface area contributed by atoms with Crippen LogP contribution in [-0.2, 0) is 16.0 Å². The zero-order valence-electron chi connectivity index (χ0n) is 8.94. The van der Waals surface area contributed by atoms with Gasteiger partial charge in [-0.25, -0.2) is 4.39 Å². The topological polar surface area (TPSA) is 72.5 Å². The van der Waals surface area contributed by atoms with Crippen molar-refractivity contribution in [2.75, 3.05) is 13.7 Å². The number of hydrogen-bond donors (Lipinski definition) is 2. The number of hydrogen-bond acceptors (Lipinski definition) is 4. The minimum atomic E-state index is -0.710. The number of carbonyl (C=O) groups excluding carboxylic acids is 1. The van der Waals surface area contributed by atoms with E-state index in [-0.39, 0.29) is 6.54 Å². The van der Waals surface area contributed by atoms with Crippen LogP contribution in [0.15, 0.2) is 18.2 Å². The molecule has 88 valence electrons. The van der Waals surface area contributed by atoms with Crippen molar-refractivity contribution in [2.45, 2.75) is 6.42 Å². The van der Waals surface area contributed by atoms with E-state index in [0.717, 1.165) is 0 Å². The fraction of sp³-hybridized carbons (Fsp3) is 0.364. The van der Waals surface area contributed by atoms with Gasteiger partial charge in [0.1, 0.15) is 0 Å². The van der Waals surface area contributed by atoms with E-state index in [4.69, 9.17) is 10.8 Å². The lowest BCUT2D eigenvalue weighted by Crippen LogP contribution is -2.26. The zero-order valence-corrected chi connectivity index (χ0v) is 8.94. The lowest BCUT2D eigenvalue weighted by atomic mass is 9.99. The summed E-state index contributed by atoms with van der Waals surface area (Å²) < 4.78 is 17.6. The van der Waals surface area contributed by atoms with Gasteiger partial charge in [-0.1, -0.05) is 6.07 Å². The Hall–Kier alpha value is -1.62. The molecule has 0 bridgehead atoms. The molecule has 0 aromatic heterocycles. The van der Waals surface area contributed by atoms with Crippen molar-refractivity contribution in [1.29, 1.82) is 0 Å². The van der Waals surface area contributed by atoms with Crippen LogP contribution in [0.25, 0.3) is 0 Å². The quantitative estimate of drug-likeness (QED) is 0.747. The maximum Gasteiger partial charge on any atom is 0.310 e. The van der Waals surface area contributed by atoms with Crippen molar-refractivity contribution in [2.24, 2.45) is 11.7 Å². The fourth-order valence-corrected chi connectivity index (χ4v) is 1.39. The smallest absolute Gasteiger partial charge is 0.310 e. The van der Waals surface area contributed by atoms with Gasteiger partial charge in [-0.2, -0.15) is 0 Å². The molecule has 1 aromatic carbocycles. The van der Waals surface area contributed by atoms with Gasteiger partial charge in [0.25, 0.3) is 0 Å². The van der Waals surface area contributed by atoms with Crippen LogP contribution in [0, 0.1) is 11.7 Å². The van der Waals surface area contributed by atoms with Gasteiger partial charge in [-0.05, 0) is 24.1 Å². The van der Waals surface area contributed by atoms with Gasteiger partial charge in [0.2, 0.25) is 0 Å². The highest BCUT2D eigenvalue weighted by molar-refractivity contribution is 5.72. The largest absolute Gasteiger partial charge is 0.505 e. The summed E-state index contributed by atoms with van der Waals surface area (Å²) >= 11 is 0. The number of halogens is 1. The van der Waals surface area contributed by atoms with Crippen molar-refractivity contribution < 1.29 is 19.0 Å². The van der Waals surface area contributed by atoms with Crippen LogP contribution in [0.5, 0.6) is 5.75 Å². The van der Waals surface area contributed by atoms with Crippen LogP contribution >= 0.6 is 0 Å². The van der Waals surface area contributed by atoms with Crippen LogP contribution in [0.2, 0.25) is 0 Å². The van der Waals surface area contributed by atoms with Gasteiger partial charge in [-0.15, -0.1) is 0 Å². The van der Waals surface area contributed by atoms with Crippen LogP contribution in [0.1, 0.15) is 5.56 Å². The van der Waals surface area contributed by atoms with Crippen molar-refractivity contribution in [3.63, 3.8) is 0 Å². The Kier molecular flexibility index (Phi) is 4.25. The molecule has 16 heavy (non-hydrogen) atoms. The van der Waals surface area contributed by atoms with Gasteiger partial charge in [-0.3, -0.25) is 4.79 Å². The predicted molar refractivity (Wildman–Crippen MR) is 56.3 cm³/mol.